The van der Waals surface area contributed by atoms with Crippen molar-refractivity contribution in [1.29, 1.82) is 0 Å². The van der Waals surface area contributed by atoms with Crippen LogP contribution in [0.3, 0.4) is 0 Å². The Labute approximate surface area is 100.0 Å². The van der Waals surface area contributed by atoms with Crippen LogP contribution in [0.15, 0.2) is 6.33 Å². The first kappa shape index (κ1) is 12.0. The van der Waals surface area contributed by atoms with Crippen molar-refractivity contribution in [2.24, 2.45) is 11.7 Å². The van der Waals surface area contributed by atoms with E-state index < -0.39 is 0 Å². The van der Waals surface area contributed by atoms with Crippen molar-refractivity contribution in [2.45, 2.75) is 32.4 Å². The third-order valence-electron chi connectivity index (χ3n) is 3.36. The maximum Gasteiger partial charge on any atom is 0.244 e. The van der Waals surface area contributed by atoms with Gasteiger partial charge in [-0.2, -0.15) is 0 Å². The number of hydrogen-bond acceptors (Lipinski definition) is 5. The van der Waals surface area contributed by atoms with E-state index >= 15 is 0 Å². The zero-order chi connectivity index (χ0) is 12.3. The molecule has 2 rings (SSSR count). The molecule has 94 valence electrons. The topological polar surface area (TPSA) is 89.9 Å². The van der Waals surface area contributed by atoms with E-state index in [-0.39, 0.29) is 18.5 Å². The summed E-state index contributed by atoms with van der Waals surface area (Å²) in [5, 5.41) is 10.7. The van der Waals surface area contributed by atoms with Crippen molar-refractivity contribution in [3.63, 3.8) is 0 Å². The van der Waals surface area contributed by atoms with E-state index in [1.165, 1.54) is 11.0 Å². The van der Waals surface area contributed by atoms with Gasteiger partial charge in [0.25, 0.3) is 0 Å². The summed E-state index contributed by atoms with van der Waals surface area (Å²) >= 11 is 0. The Bertz CT molecular complexity index is 365. The average molecular weight is 238 g/mol. The predicted octanol–water partition coefficient (Wildman–Crippen LogP) is -0.741. The Morgan fingerprint density at radius 2 is 2.41 bits per heavy atom. The van der Waals surface area contributed by atoms with E-state index in [0.717, 1.165) is 25.9 Å². The zero-order valence-electron chi connectivity index (χ0n) is 9.99. The molecular weight excluding hydrogens is 220 g/mol. The van der Waals surface area contributed by atoms with Crippen molar-refractivity contribution >= 4 is 5.91 Å². The van der Waals surface area contributed by atoms with Gasteiger partial charge in [0.2, 0.25) is 5.91 Å². The summed E-state index contributed by atoms with van der Waals surface area (Å²) in [6, 6.07) is 0.220. The molecule has 1 aromatic rings. The molecule has 0 aliphatic carbocycles. The Kier molecular flexibility index (Phi) is 3.68. The number of aromatic nitrogens is 4. The summed E-state index contributed by atoms with van der Waals surface area (Å²) in [6.07, 6.45) is 3.33. The van der Waals surface area contributed by atoms with E-state index in [1.54, 1.807) is 0 Å². The van der Waals surface area contributed by atoms with E-state index in [2.05, 4.69) is 22.4 Å². The maximum atomic E-state index is 12.0. The molecule has 2 unspecified atom stereocenters. The Balaban J connectivity index is 1.91. The maximum absolute atomic E-state index is 12.0. The van der Waals surface area contributed by atoms with Gasteiger partial charge in [0, 0.05) is 19.1 Å². The van der Waals surface area contributed by atoms with Gasteiger partial charge >= 0.3 is 0 Å². The smallest absolute Gasteiger partial charge is 0.244 e. The second-order valence-electron chi connectivity index (χ2n) is 4.47. The molecular formula is C10H18N6O. The molecule has 0 bridgehead atoms. The number of piperidine rings is 1. The number of amides is 1. The van der Waals surface area contributed by atoms with Gasteiger partial charge in [-0.15, -0.1) is 5.10 Å². The lowest BCUT2D eigenvalue weighted by atomic mass is 9.91. The fourth-order valence-electron chi connectivity index (χ4n) is 2.20. The summed E-state index contributed by atoms with van der Waals surface area (Å²) in [4.78, 5) is 13.9. The normalized spacial score (nSPS) is 24.9. The molecule has 2 N–H and O–H groups in total. The fraction of sp³-hybridized carbons (Fsp3) is 0.800. The van der Waals surface area contributed by atoms with E-state index in [9.17, 15) is 4.79 Å². The minimum atomic E-state index is 0.0580. The Morgan fingerprint density at radius 3 is 3.06 bits per heavy atom. The van der Waals surface area contributed by atoms with Gasteiger partial charge in [0.15, 0.2) is 0 Å². The predicted molar refractivity (Wildman–Crippen MR) is 60.8 cm³/mol. The molecule has 0 spiro atoms. The van der Waals surface area contributed by atoms with Crippen LogP contribution in [0.4, 0.5) is 0 Å². The van der Waals surface area contributed by atoms with Crippen LogP contribution < -0.4 is 5.73 Å². The van der Waals surface area contributed by atoms with Crippen molar-refractivity contribution < 1.29 is 4.79 Å². The lowest BCUT2D eigenvalue weighted by molar-refractivity contribution is -0.134. The van der Waals surface area contributed by atoms with Crippen LogP contribution >= 0.6 is 0 Å². The first-order chi connectivity index (χ1) is 8.20. The fourth-order valence-corrected chi connectivity index (χ4v) is 2.20. The SMILES string of the molecule is CCC1CN(C(=O)Cn2cnnn2)CCC1N. The number of hydrogen-bond donors (Lipinski definition) is 1. The summed E-state index contributed by atoms with van der Waals surface area (Å²) in [5.74, 6) is 0.462. The molecule has 2 heterocycles. The monoisotopic (exact) mass is 238 g/mol. The standard InChI is InChI=1S/C10H18N6O/c1-2-8-5-15(4-3-9(8)11)10(17)6-16-7-12-13-14-16/h7-9H,2-6,11H2,1H3. The minimum absolute atomic E-state index is 0.0580. The van der Waals surface area contributed by atoms with Gasteiger partial charge in [-0.1, -0.05) is 13.3 Å². The molecule has 0 radical (unpaired) electrons. The van der Waals surface area contributed by atoms with Crippen molar-refractivity contribution in [1.82, 2.24) is 25.1 Å². The summed E-state index contributed by atoms with van der Waals surface area (Å²) < 4.78 is 1.44. The van der Waals surface area contributed by atoms with Gasteiger partial charge in [-0.25, -0.2) is 4.68 Å². The number of nitrogens with two attached hydrogens (primary N) is 1. The number of likely N-dealkylation sites (tertiary alicyclic amines) is 1. The van der Waals surface area contributed by atoms with Crippen LogP contribution in [-0.4, -0.2) is 50.1 Å². The van der Waals surface area contributed by atoms with Crippen LogP contribution in [0.25, 0.3) is 0 Å². The third kappa shape index (κ3) is 2.79. The number of nitrogens with zero attached hydrogens (tertiary/aromatic N) is 5. The summed E-state index contributed by atoms with van der Waals surface area (Å²) in [5.41, 5.74) is 6.01. The minimum Gasteiger partial charge on any atom is -0.341 e. The molecule has 1 aliphatic rings. The van der Waals surface area contributed by atoms with Crippen LogP contribution in [0.1, 0.15) is 19.8 Å². The molecule has 7 nitrogen and oxygen atoms in total. The highest BCUT2D eigenvalue weighted by Gasteiger charge is 2.28. The largest absolute Gasteiger partial charge is 0.341 e. The molecule has 17 heavy (non-hydrogen) atoms. The quantitative estimate of drug-likeness (QED) is 0.749. The summed E-state index contributed by atoms with van der Waals surface area (Å²) in [6.45, 7) is 3.80. The van der Waals surface area contributed by atoms with Gasteiger partial charge in [-0.05, 0) is 22.8 Å². The molecule has 1 amide bonds. The third-order valence-corrected chi connectivity index (χ3v) is 3.36. The van der Waals surface area contributed by atoms with Crippen LogP contribution in [0.2, 0.25) is 0 Å². The Hall–Kier alpha value is -1.50. The van der Waals surface area contributed by atoms with Crippen molar-refractivity contribution in [2.75, 3.05) is 13.1 Å². The average Bonchev–Trinajstić information content (AvgIpc) is 2.82. The molecule has 1 aliphatic heterocycles. The van der Waals surface area contributed by atoms with Crippen LogP contribution in [0, 0.1) is 5.92 Å². The van der Waals surface area contributed by atoms with Crippen molar-refractivity contribution in [3.05, 3.63) is 6.33 Å². The van der Waals surface area contributed by atoms with E-state index in [1.807, 2.05) is 4.90 Å². The molecule has 0 saturated carbocycles. The molecule has 2 atom stereocenters. The Morgan fingerprint density at radius 1 is 1.59 bits per heavy atom. The zero-order valence-corrected chi connectivity index (χ0v) is 9.99. The first-order valence-corrected chi connectivity index (χ1v) is 5.94. The molecule has 1 saturated heterocycles. The van der Waals surface area contributed by atoms with E-state index in [4.69, 9.17) is 5.73 Å². The highest BCUT2D eigenvalue weighted by atomic mass is 16.2. The highest BCUT2D eigenvalue weighted by Crippen LogP contribution is 2.18. The summed E-state index contributed by atoms with van der Waals surface area (Å²) in [7, 11) is 0. The van der Waals surface area contributed by atoms with Gasteiger partial charge in [0.1, 0.15) is 12.9 Å². The number of carbonyl (C=O) groups is 1. The number of rotatable bonds is 3. The second kappa shape index (κ2) is 5.22. The number of carbonyl (C=O) groups excluding carboxylic acids is 1. The molecule has 1 aromatic heterocycles. The lowest BCUT2D eigenvalue weighted by Gasteiger charge is -2.36. The van der Waals surface area contributed by atoms with Gasteiger partial charge < -0.3 is 10.6 Å². The first-order valence-electron chi connectivity index (χ1n) is 5.94. The molecule has 7 heteroatoms. The van der Waals surface area contributed by atoms with Crippen molar-refractivity contribution in [3.8, 4) is 0 Å². The second-order valence-corrected chi connectivity index (χ2v) is 4.47. The van der Waals surface area contributed by atoms with Gasteiger partial charge in [0.05, 0.1) is 0 Å². The number of tetrazole rings is 1. The molecule has 1 fully saturated rings. The van der Waals surface area contributed by atoms with Crippen LogP contribution in [0.5, 0.6) is 0 Å². The molecule has 0 aromatic carbocycles. The highest BCUT2D eigenvalue weighted by molar-refractivity contribution is 5.76. The lowest BCUT2D eigenvalue weighted by Crippen LogP contribution is -2.49. The van der Waals surface area contributed by atoms with Crippen LogP contribution in [-0.2, 0) is 11.3 Å². The van der Waals surface area contributed by atoms with E-state index in [0.29, 0.717) is 5.92 Å². The van der Waals surface area contributed by atoms with Gasteiger partial charge in [-0.3, -0.25) is 4.79 Å².